The molecule has 2 heterocycles. The van der Waals surface area contributed by atoms with Crippen LogP contribution < -0.4 is 10.1 Å². The van der Waals surface area contributed by atoms with Gasteiger partial charge in [-0.2, -0.15) is 0 Å². The highest BCUT2D eigenvalue weighted by molar-refractivity contribution is 5.37. The third-order valence-corrected chi connectivity index (χ3v) is 3.97. The van der Waals surface area contributed by atoms with E-state index in [4.69, 9.17) is 4.74 Å². The second kappa shape index (κ2) is 5.29. The zero-order valence-corrected chi connectivity index (χ0v) is 11.1. The first-order chi connectivity index (χ1) is 8.81. The third kappa shape index (κ3) is 2.68. The van der Waals surface area contributed by atoms with Crippen LogP contribution >= 0.6 is 0 Å². The van der Waals surface area contributed by atoms with Gasteiger partial charge in [-0.25, -0.2) is 0 Å². The van der Waals surface area contributed by atoms with Gasteiger partial charge in [0.05, 0.1) is 0 Å². The average Bonchev–Trinajstić information content (AvgIpc) is 2.66. The third-order valence-electron chi connectivity index (χ3n) is 3.97. The summed E-state index contributed by atoms with van der Waals surface area (Å²) in [5.41, 5.74) is 1.36. The SMILES string of the molecule is CC1CCN(CC2Cc3ccccc3O2)CCN1. The maximum atomic E-state index is 6.02. The summed E-state index contributed by atoms with van der Waals surface area (Å²) in [5, 5.41) is 3.53. The fourth-order valence-electron chi connectivity index (χ4n) is 2.89. The van der Waals surface area contributed by atoms with Gasteiger partial charge in [-0.1, -0.05) is 18.2 Å². The molecule has 0 amide bonds. The molecule has 18 heavy (non-hydrogen) atoms. The Kier molecular flexibility index (Phi) is 3.52. The maximum Gasteiger partial charge on any atom is 0.123 e. The van der Waals surface area contributed by atoms with E-state index in [1.165, 1.54) is 18.5 Å². The van der Waals surface area contributed by atoms with Crippen molar-refractivity contribution in [3.8, 4) is 5.75 Å². The first-order valence-electron chi connectivity index (χ1n) is 7.01. The van der Waals surface area contributed by atoms with Gasteiger partial charge in [0.15, 0.2) is 0 Å². The number of nitrogens with one attached hydrogen (secondary N) is 1. The van der Waals surface area contributed by atoms with Gasteiger partial charge in [0, 0.05) is 32.1 Å². The van der Waals surface area contributed by atoms with Crippen molar-refractivity contribution in [1.82, 2.24) is 10.2 Å². The first-order valence-corrected chi connectivity index (χ1v) is 7.01. The molecule has 2 unspecified atom stereocenters. The number of hydrogen-bond acceptors (Lipinski definition) is 3. The second-order valence-corrected chi connectivity index (χ2v) is 5.50. The van der Waals surface area contributed by atoms with Crippen molar-refractivity contribution in [3.05, 3.63) is 29.8 Å². The van der Waals surface area contributed by atoms with Crippen molar-refractivity contribution in [3.63, 3.8) is 0 Å². The Balaban J connectivity index is 1.56. The van der Waals surface area contributed by atoms with Gasteiger partial charge in [0.1, 0.15) is 11.9 Å². The Morgan fingerprint density at radius 3 is 3.11 bits per heavy atom. The summed E-state index contributed by atoms with van der Waals surface area (Å²) < 4.78 is 6.02. The molecular weight excluding hydrogens is 224 g/mol. The van der Waals surface area contributed by atoms with Crippen LogP contribution in [-0.4, -0.2) is 43.2 Å². The quantitative estimate of drug-likeness (QED) is 0.859. The maximum absolute atomic E-state index is 6.02. The Labute approximate surface area is 109 Å². The highest BCUT2D eigenvalue weighted by Gasteiger charge is 2.25. The number of rotatable bonds is 2. The minimum atomic E-state index is 0.343. The summed E-state index contributed by atoms with van der Waals surface area (Å²) in [4.78, 5) is 2.53. The van der Waals surface area contributed by atoms with Gasteiger partial charge in [0.2, 0.25) is 0 Å². The molecular formula is C15H22N2O. The first kappa shape index (κ1) is 12.0. The Morgan fingerprint density at radius 1 is 1.33 bits per heavy atom. The smallest absolute Gasteiger partial charge is 0.123 e. The van der Waals surface area contributed by atoms with Crippen LogP contribution in [0.4, 0.5) is 0 Å². The van der Waals surface area contributed by atoms with Crippen molar-refractivity contribution in [2.75, 3.05) is 26.2 Å². The Bertz CT molecular complexity index is 382. The number of hydrogen-bond donors (Lipinski definition) is 1. The van der Waals surface area contributed by atoms with Crippen LogP contribution in [0.1, 0.15) is 18.9 Å². The van der Waals surface area contributed by atoms with E-state index in [1.807, 2.05) is 0 Å². The van der Waals surface area contributed by atoms with E-state index in [-0.39, 0.29) is 0 Å². The molecule has 0 bridgehead atoms. The van der Waals surface area contributed by atoms with Crippen molar-refractivity contribution >= 4 is 0 Å². The molecule has 1 N–H and O–H groups in total. The van der Waals surface area contributed by atoms with Crippen LogP contribution in [-0.2, 0) is 6.42 Å². The molecule has 3 rings (SSSR count). The molecule has 0 aliphatic carbocycles. The van der Waals surface area contributed by atoms with Crippen LogP contribution in [0.2, 0.25) is 0 Å². The van der Waals surface area contributed by atoms with E-state index < -0.39 is 0 Å². The topological polar surface area (TPSA) is 24.5 Å². The van der Waals surface area contributed by atoms with Gasteiger partial charge >= 0.3 is 0 Å². The summed E-state index contributed by atoms with van der Waals surface area (Å²) in [6.07, 6.45) is 2.64. The fraction of sp³-hybridized carbons (Fsp3) is 0.600. The number of benzene rings is 1. The van der Waals surface area contributed by atoms with Crippen LogP contribution in [0, 0.1) is 0 Å². The van der Waals surface area contributed by atoms with E-state index >= 15 is 0 Å². The zero-order chi connectivity index (χ0) is 12.4. The summed E-state index contributed by atoms with van der Waals surface area (Å²) in [6, 6.07) is 9.07. The Morgan fingerprint density at radius 2 is 2.22 bits per heavy atom. The molecule has 0 aromatic heterocycles. The predicted octanol–water partition coefficient (Wildman–Crippen LogP) is 1.67. The van der Waals surface area contributed by atoms with Gasteiger partial charge < -0.3 is 10.1 Å². The summed E-state index contributed by atoms with van der Waals surface area (Å²) in [5.74, 6) is 1.09. The van der Waals surface area contributed by atoms with E-state index in [0.29, 0.717) is 12.1 Å². The highest BCUT2D eigenvalue weighted by Crippen LogP contribution is 2.28. The lowest BCUT2D eigenvalue weighted by molar-refractivity contribution is 0.155. The van der Waals surface area contributed by atoms with E-state index in [0.717, 1.165) is 31.8 Å². The monoisotopic (exact) mass is 246 g/mol. The minimum absolute atomic E-state index is 0.343. The van der Waals surface area contributed by atoms with E-state index in [1.54, 1.807) is 0 Å². The molecule has 0 spiro atoms. The number of nitrogens with zero attached hydrogens (tertiary/aromatic N) is 1. The van der Waals surface area contributed by atoms with Gasteiger partial charge in [-0.3, -0.25) is 4.90 Å². The standard InChI is InChI=1S/C15H22N2O/c1-12-6-8-17(9-7-16-12)11-14-10-13-4-2-3-5-15(13)18-14/h2-5,12,14,16H,6-11H2,1H3. The lowest BCUT2D eigenvalue weighted by Gasteiger charge is -2.23. The fourth-order valence-corrected chi connectivity index (χ4v) is 2.89. The van der Waals surface area contributed by atoms with Crippen LogP contribution in [0.3, 0.4) is 0 Å². The highest BCUT2D eigenvalue weighted by atomic mass is 16.5. The van der Waals surface area contributed by atoms with Crippen LogP contribution in [0.15, 0.2) is 24.3 Å². The summed E-state index contributed by atoms with van der Waals surface area (Å²) >= 11 is 0. The predicted molar refractivity (Wildman–Crippen MR) is 73.1 cm³/mol. The largest absolute Gasteiger partial charge is 0.488 e. The lowest BCUT2D eigenvalue weighted by atomic mass is 10.1. The van der Waals surface area contributed by atoms with Gasteiger partial charge in [0.25, 0.3) is 0 Å². The van der Waals surface area contributed by atoms with E-state index in [9.17, 15) is 0 Å². The minimum Gasteiger partial charge on any atom is -0.488 e. The molecule has 2 atom stereocenters. The molecule has 2 aliphatic heterocycles. The molecule has 0 radical (unpaired) electrons. The molecule has 1 fully saturated rings. The molecule has 0 saturated carbocycles. The Hall–Kier alpha value is -1.06. The van der Waals surface area contributed by atoms with Crippen molar-refractivity contribution in [1.29, 1.82) is 0 Å². The summed E-state index contributed by atoms with van der Waals surface area (Å²) in [6.45, 7) is 6.75. The average molecular weight is 246 g/mol. The van der Waals surface area contributed by atoms with Gasteiger partial charge in [-0.05, 0) is 31.5 Å². The van der Waals surface area contributed by atoms with Gasteiger partial charge in [-0.15, -0.1) is 0 Å². The lowest BCUT2D eigenvalue weighted by Crippen LogP contribution is -2.37. The van der Waals surface area contributed by atoms with E-state index in [2.05, 4.69) is 41.4 Å². The molecule has 1 saturated heterocycles. The molecule has 3 heteroatoms. The van der Waals surface area contributed by atoms with Crippen molar-refractivity contribution < 1.29 is 4.74 Å². The zero-order valence-electron chi connectivity index (χ0n) is 11.1. The molecule has 1 aromatic carbocycles. The summed E-state index contributed by atoms with van der Waals surface area (Å²) in [7, 11) is 0. The van der Waals surface area contributed by atoms with Crippen LogP contribution in [0.5, 0.6) is 5.75 Å². The number of ether oxygens (including phenoxy) is 1. The molecule has 1 aromatic rings. The molecule has 2 aliphatic rings. The number of fused-ring (bicyclic) bond motifs is 1. The molecule has 3 nitrogen and oxygen atoms in total. The van der Waals surface area contributed by atoms with Crippen molar-refractivity contribution in [2.45, 2.75) is 31.9 Å². The van der Waals surface area contributed by atoms with Crippen LogP contribution in [0.25, 0.3) is 0 Å². The van der Waals surface area contributed by atoms with Crippen molar-refractivity contribution in [2.24, 2.45) is 0 Å². The number of para-hydroxylation sites is 1. The normalized spacial score (nSPS) is 28.5. The second-order valence-electron chi connectivity index (χ2n) is 5.50. The molecule has 98 valence electrons.